The minimum atomic E-state index is 0.00579. The fraction of sp³-hybridized carbons (Fsp3) is 0.750. The Bertz CT molecular complexity index is 265. The fourth-order valence-corrected chi connectivity index (χ4v) is 2.14. The van der Waals surface area contributed by atoms with E-state index < -0.39 is 0 Å². The molecule has 0 N–H and O–H groups in total. The lowest BCUT2D eigenvalue weighted by Gasteiger charge is -2.31. The van der Waals surface area contributed by atoms with E-state index in [2.05, 4.69) is 4.79 Å². The van der Waals surface area contributed by atoms with Gasteiger partial charge in [-0.1, -0.05) is 0 Å². The smallest absolute Gasteiger partial charge is 0.275 e. The molecule has 0 heterocycles. The van der Waals surface area contributed by atoms with Crippen LogP contribution < -0.4 is 0 Å². The molecule has 1 spiro atoms. The van der Waals surface area contributed by atoms with Crippen molar-refractivity contribution in [2.45, 2.75) is 32.1 Å². The van der Waals surface area contributed by atoms with Crippen molar-refractivity contribution in [3.63, 3.8) is 0 Å². The maximum Gasteiger partial charge on any atom is 0.275 e. The average Bonchev–Trinajstić information content (AvgIpc) is 2.33. The van der Waals surface area contributed by atoms with Crippen LogP contribution in [0.3, 0.4) is 0 Å². The maximum atomic E-state index is 11.0. The third-order valence-corrected chi connectivity index (χ3v) is 2.99. The summed E-state index contributed by atoms with van der Waals surface area (Å²) in [6.07, 6.45) is 4.12. The Morgan fingerprint density at radius 1 is 1.36 bits per heavy atom. The summed E-state index contributed by atoms with van der Waals surface area (Å²) in [6, 6.07) is 0. The summed E-state index contributed by atoms with van der Waals surface area (Å²) in [5.74, 6) is 0.325. The van der Waals surface area contributed by atoms with E-state index in [-0.39, 0.29) is 5.41 Å². The topological polar surface area (TPSA) is 53.5 Å². The van der Waals surface area contributed by atoms with Crippen molar-refractivity contribution in [3.05, 3.63) is 5.53 Å². The van der Waals surface area contributed by atoms with Gasteiger partial charge in [-0.3, -0.25) is 4.79 Å². The zero-order valence-corrected chi connectivity index (χ0v) is 6.34. The van der Waals surface area contributed by atoms with Crippen molar-refractivity contribution in [2.24, 2.45) is 5.41 Å². The summed E-state index contributed by atoms with van der Waals surface area (Å²) >= 11 is 0. The van der Waals surface area contributed by atoms with Crippen LogP contribution in [-0.2, 0) is 4.79 Å². The first-order chi connectivity index (χ1) is 5.27. The van der Waals surface area contributed by atoms with E-state index >= 15 is 0 Å². The third-order valence-electron chi connectivity index (χ3n) is 2.99. The van der Waals surface area contributed by atoms with E-state index in [4.69, 9.17) is 5.53 Å². The lowest BCUT2D eigenvalue weighted by atomic mass is 9.66. The van der Waals surface area contributed by atoms with E-state index in [1.807, 2.05) is 0 Å². The Kier molecular flexibility index (Phi) is 1.24. The maximum absolute atomic E-state index is 11.0. The normalized spacial score (nSPS) is 35.6. The summed E-state index contributed by atoms with van der Waals surface area (Å²) in [5.41, 5.74) is 9.43. The monoisotopic (exact) mass is 150 g/mol. The lowest BCUT2D eigenvalue weighted by molar-refractivity contribution is -0.118. The standard InChI is InChI=1S/C8H10N2O/c9-10-7-2-4-8(7)3-1-6(11)5-8/h1-5H2. The molecule has 0 aliphatic heterocycles. The van der Waals surface area contributed by atoms with Crippen molar-refractivity contribution < 1.29 is 9.58 Å². The number of ketones is 1. The van der Waals surface area contributed by atoms with Crippen molar-refractivity contribution in [3.8, 4) is 0 Å². The molecular formula is C8H10N2O. The van der Waals surface area contributed by atoms with Crippen LogP contribution in [0.5, 0.6) is 0 Å². The molecule has 0 bridgehead atoms. The lowest BCUT2D eigenvalue weighted by Crippen LogP contribution is -2.39. The molecule has 2 fully saturated rings. The first-order valence-corrected chi connectivity index (χ1v) is 4.00. The summed E-state index contributed by atoms with van der Waals surface area (Å²) in [7, 11) is 0. The number of carbonyl (C=O) groups is 1. The summed E-state index contributed by atoms with van der Waals surface area (Å²) in [5, 5.41) is 0. The van der Waals surface area contributed by atoms with Gasteiger partial charge in [-0.15, -0.1) is 0 Å². The molecule has 58 valence electrons. The molecule has 0 radical (unpaired) electrons. The second-order valence-electron chi connectivity index (χ2n) is 3.54. The van der Waals surface area contributed by atoms with Gasteiger partial charge < -0.3 is 5.53 Å². The molecule has 2 saturated carbocycles. The predicted octanol–water partition coefficient (Wildman–Crippen LogP) is 1.19. The molecule has 2 rings (SSSR count). The molecule has 2 aliphatic rings. The van der Waals surface area contributed by atoms with Crippen LogP contribution in [-0.4, -0.2) is 16.3 Å². The van der Waals surface area contributed by atoms with Gasteiger partial charge in [0.25, 0.3) is 5.71 Å². The van der Waals surface area contributed by atoms with Gasteiger partial charge in [-0.2, -0.15) is 4.79 Å². The molecule has 0 aromatic heterocycles. The van der Waals surface area contributed by atoms with Crippen LogP contribution in [0.25, 0.3) is 5.53 Å². The molecule has 3 heteroatoms. The second kappa shape index (κ2) is 2.02. The van der Waals surface area contributed by atoms with Gasteiger partial charge in [0.15, 0.2) is 0 Å². The zero-order chi connectivity index (χ0) is 7.90. The Hall–Kier alpha value is -0.950. The molecule has 1 unspecified atom stereocenters. The highest BCUT2D eigenvalue weighted by molar-refractivity contribution is 5.98. The Labute approximate surface area is 65.0 Å². The molecular weight excluding hydrogens is 140 g/mol. The molecule has 2 aliphatic carbocycles. The Morgan fingerprint density at radius 2 is 2.09 bits per heavy atom. The van der Waals surface area contributed by atoms with Crippen LogP contribution >= 0.6 is 0 Å². The summed E-state index contributed by atoms with van der Waals surface area (Å²) < 4.78 is 0. The van der Waals surface area contributed by atoms with Gasteiger partial charge in [0.1, 0.15) is 5.78 Å². The number of rotatable bonds is 0. The van der Waals surface area contributed by atoms with E-state index in [1.54, 1.807) is 0 Å². The predicted molar refractivity (Wildman–Crippen MR) is 39.2 cm³/mol. The number of carbonyl (C=O) groups excluding carboxylic acids is 1. The van der Waals surface area contributed by atoms with Crippen molar-refractivity contribution in [1.29, 1.82) is 0 Å². The molecule has 0 amide bonds. The van der Waals surface area contributed by atoms with Crippen molar-refractivity contribution in [2.75, 3.05) is 0 Å². The molecule has 0 aromatic carbocycles. The van der Waals surface area contributed by atoms with Crippen LogP contribution in [0, 0.1) is 5.41 Å². The molecule has 0 aromatic rings. The number of hydrogen-bond donors (Lipinski definition) is 0. The number of Topliss-reactive ketones (excluding diaryl/α,β-unsaturated/α-hetero) is 1. The molecule has 1 atom stereocenters. The van der Waals surface area contributed by atoms with Gasteiger partial charge in [0, 0.05) is 19.3 Å². The van der Waals surface area contributed by atoms with E-state index in [0.717, 1.165) is 25.0 Å². The third kappa shape index (κ3) is 0.778. The SMILES string of the molecule is [N-]=[N+]=C1CCC12CCC(=O)C2. The Balaban J connectivity index is 2.25. The highest BCUT2D eigenvalue weighted by atomic mass is 16.1. The molecule has 0 saturated heterocycles. The van der Waals surface area contributed by atoms with Crippen LogP contribution in [0.1, 0.15) is 32.1 Å². The summed E-state index contributed by atoms with van der Waals surface area (Å²) in [6.45, 7) is 0. The van der Waals surface area contributed by atoms with Crippen molar-refractivity contribution >= 4 is 11.5 Å². The minimum Gasteiger partial charge on any atom is -0.362 e. The summed E-state index contributed by atoms with van der Waals surface area (Å²) in [4.78, 5) is 14.2. The number of hydrogen-bond acceptors (Lipinski definition) is 1. The van der Waals surface area contributed by atoms with Crippen LogP contribution in [0.15, 0.2) is 0 Å². The minimum absolute atomic E-state index is 0.00579. The zero-order valence-electron chi connectivity index (χ0n) is 6.34. The van der Waals surface area contributed by atoms with E-state index in [1.165, 1.54) is 0 Å². The van der Waals surface area contributed by atoms with Gasteiger partial charge in [0.05, 0.1) is 5.41 Å². The molecule has 11 heavy (non-hydrogen) atoms. The first-order valence-electron chi connectivity index (χ1n) is 4.00. The molecule has 3 nitrogen and oxygen atoms in total. The quantitative estimate of drug-likeness (QED) is 0.378. The Morgan fingerprint density at radius 3 is 2.45 bits per heavy atom. The van der Waals surface area contributed by atoms with E-state index in [0.29, 0.717) is 18.6 Å². The van der Waals surface area contributed by atoms with Gasteiger partial charge in [-0.25, -0.2) is 0 Å². The average molecular weight is 150 g/mol. The first kappa shape index (κ1) is 6.74. The largest absolute Gasteiger partial charge is 0.362 e. The van der Waals surface area contributed by atoms with Gasteiger partial charge in [-0.05, 0) is 12.8 Å². The van der Waals surface area contributed by atoms with Gasteiger partial charge in [0.2, 0.25) is 0 Å². The van der Waals surface area contributed by atoms with Crippen molar-refractivity contribution in [1.82, 2.24) is 0 Å². The fourth-order valence-electron chi connectivity index (χ4n) is 2.14. The van der Waals surface area contributed by atoms with Crippen LogP contribution in [0.4, 0.5) is 0 Å². The second-order valence-corrected chi connectivity index (χ2v) is 3.54. The number of nitrogens with zero attached hydrogens (tertiary/aromatic N) is 2. The van der Waals surface area contributed by atoms with Gasteiger partial charge >= 0.3 is 0 Å². The highest BCUT2D eigenvalue weighted by Gasteiger charge is 2.54. The van der Waals surface area contributed by atoms with E-state index in [9.17, 15) is 4.79 Å². The van der Waals surface area contributed by atoms with Crippen LogP contribution in [0.2, 0.25) is 0 Å². The highest BCUT2D eigenvalue weighted by Crippen LogP contribution is 2.48.